The molecule has 0 bridgehead atoms. The number of nitrogens with one attached hydrogen (secondary N) is 1. The summed E-state index contributed by atoms with van der Waals surface area (Å²) in [4.78, 5) is 28.8. The van der Waals surface area contributed by atoms with Gasteiger partial charge in [0.2, 0.25) is 5.91 Å². The minimum atomic E-state index is -0.168. The summed E-state index contributed by atoms with van der Waals surface area (Å²) >= 11 is 0. The zero-order chi connectivity index (χ0) is 13.8. The van der Waals surface area contributed by atoms with Crippen LogP contribution in [0.1, 0.15) is 30.1 Å². The van der Waals surface area contributed by atoms with E-state index in [4.69, 9.17) is 0 Å². The Hall–Kier alpha value is -2.11. The SMILES string of the molecule is CC(=O)NC1CCCN(C(=O)c2cncc(O)c2)C1. The van der Waals surface area contributed by atoms with E-state index in [2.05, 4.69) is 10.3 Å². The fraction of sp³-hybridized carbons (Fsp3) is 0.462. The van der Waals surface area contributed by atoms with Gasteiger partial charge in [-0.25, -0.2) is 0 Å². The van der Waals surface area contributed by atoms with E-state index in [0.29, 0.717) is 18.7 Å². The van der Waals surface area contributed by atoms with Crippen molar-refractivity contribution in [2.75, 3.05) is 13.1 Å². The zero-order valence-electron chi connectivity index (χ0n) is 10.8. The van der Waals surface area contributed by atoms with E-state index >= 15 is 0 Å². The van der Waals surface area contributed by atoms with Gasteiger partial charge in [-0.3, -0.25) is 14.6 Å². The standard InChI is InChI=1S/C13H17N3O3/c1-9(17)15-11-3-2-4-16(8-11)13(19)10-5-12(18)7-14-6-10/h5-7,11,18H,2-4,8H2,1H3,(H,15,17). The van der Waals surface area contributed by atoms with Crippen LogP contribution >= 0.6 is 0 Å². The summed E-state index contributed by atoms with van der Waals surface area (Å²) in [5.41, 5.74) is 0.364. The summed E-state index contributed by atoms with van der Waals surface area (Å²) in [5, 5.41) is 12.2. The van der Waals surface area contributed by atoms with Gasteiger partial charge in [-0.2, -0.15) is 0 Å². The van der Waals surface area contributed by atoms with Crippen molar-refractivity contribution >= 4 is 11.8 Å². The lowest BCUT2D eigenvalue weighted by molar-refractivity contribution is -0.120. The number of carbonyl (C=O) groups is 2. The van der Waals surface area contributed by atoms with Crippen molar-refractivity contribution in [1.82, 2.24) is 15.2 Å². The number of amides is 2. The topological polar surface area (TPSA) is 82.5 Å². The molecule has 0 saturated carbocycles. The van der Waals surface area contributed by atoms with Crippen LogP contribution in [0.25, 0.3) is 0 Å². The average molecular weight is 263 g/mol. The van der Waals surface area contributed by atoms with E-state index in [-0.39, 0.29) is 23.6 Å². The third-order valence-corrected chi connectivity index (χ3v) is 3.09. The van der Waals surface area contributed by atoms with Gasteiger partial charge in [-0.05, 0) is 18.9 Å². The number of aromatic nitrogens is 1. The summed E-state index contributed by atoms with van der Waals surface area (Å²) in [6, 6.07) is 1.40. The molecule has 0 spiro atoms. The molecule has 0 radical (unpaired) electrons. The maximum absolute atomic E-state index is 12.2. The maximum Gasteiger partial charge on any atom is 0.255 e. The number of rotatable bonds is 2. The van der Waals surface area contributed by atoms with Crippen LogP contribution < -0.4 is 5.32 Å². The van der Waals surface area contributed by atoms with Gasteiger partial charge >= 0.3 is 0 Å². The number of pyridine rings is 1. The molecule has 2 amide bonds. The molecule has 102 valence electrons. The fourth-order valence-electron chi connectivity index (χ4n) is 2.29. The molecule has 19 heavy (non-hydrogen) atoms. The molecule has 1 aromatic rings. The predicted molar refractivity (Wildman–Crippen MR) is 68.6 cm³/mol. The molecule has 1 aliphatic rings. The summed E-state index contributed by atoms with van der Waals surface area (Å²) in [6.45, 7) is 2.62. The minimum Gasteiger partial charge on any atom is -0.506 e. The van der Waals surface area contributed by atoms with Gasteiger partial charge in [0.25, 0.3) is 5.91 Å². The molecule has 0 aliphatic carbocycles. The van der Waals surface area contributed by atoms with E-state index in [1.54, 1.807) is 4.90 Å². The van der Waals surface area contributed by atoms with Gasteiger partial charge in [0, 0.05) is 32.3 Å². The van der Waals surface area contributed by atoms with Crippen LogP contribution in [0.15, 0.2) is 18.5 Å². The smallest absolute Gasteiger partial charge is 0.255 e. The first-order valence-electron chi connectivity index (χ1n) is 6.26. The normalized spacial score (nSPS) is 19.0. The van der Waals surface area contributed by atoms with Crippen molar-refractivity contribution in [1.29, 1.82) is 0 Å². The quantitative estimate of drug-likeness (QED) is 0.815. The molecule has 0 aromatic carbocycles. The lowest BCUT2D eigenvalue weighted by atomic mass is 10.0. The van der Waals surface area contributed by atoms with Crippen LogP contribution in [0.4, 0.5) is 0 Å². The second-order valence-corrected chi connectivity index (χ2v) is 4.72. The Morgan fingerprint density at radius 2 is 2.26 bits per heavy atom. The number of hydrogen-bond acceptors (Lipinski definition) is 4. The van der Waals surface area contributed by atoms with Gasteiger partial charge in [0.1, 0.15) is 5.75 Å². The second-order valence-electron chi connectivity index (χ2n) is 4.72. The first-order chi connectivity index (χ1) is 9.06. The van der Waals surface area contributed by atoms with Crippen molar-refractivity contribution in [3.63, 3.8) is 0 Å². The Morgan fingerprint density at radius 1 is 1.47 bits per heavy atom. The first-order valence-corrected chi connectivity index (χ1v) is 6.26. The molecule has 1 aromatic heterocycles. The van der Waals surface area contributed by atoms with Crippen molar-refractivity contribution in [3.05, 3.63) is 24.0 Å². The Bertz CT molecular complexity index is 490. The lowest BCUT2D eigenvalue weighted by Crippen LogP contribution is -2.49. The third-order valence-electron chi connectivity index (χ3n) is 3.09. The number of carbonyl (C=O) groups excluding carboxylic acids is 2. The fourth-order valence-corrected chi connectivity index (χ4v) is 2.29. The molecular weight excluding hydrogens is 246 g/mol. The zero-order valence-corrected chi connectivity index (χ0v) is 10.8. The van der Waals surface area contributed by atoms with Crippen LogP contribution in [-0.4, -0.2) is 45.9 Å². The second kappa shape index (κ2) is 5.69. The molecule has 1 atom stereocenters. The number of nitrogens with zero attached hydrogens (tertiary/aromatic N) is 2. The predicted octanol–water partition coefficient (Wildman–Crippen LogP) is 0.528. The minimum absolute atomic E-state index is 0.000434. The highest BCUT2D eigenvalue weighted by molar-refractivity contribution is 5.94. The van der Waals surface area contributed by atoms with Gasteiger partial charge < -0.3 is 15.3 Å². The summed E-state index contributed by atoms with van der Waals surface area (Å²) in [6.07, 6.45) is 4.45. The lowest BCUT2D eigenvalue weighted by Gasteiger charge is -2.33. The molecular formula is C13H17N3O3. The first kappa shape index (κ1) is 13.3. The molecule has 2 heterocycles. The Labute approximate surface area is 111 Å². The highest BCUT2D eigenvalue weighted by Crippen LogP contribution is 2.16. The van der Waals surface area contributed by atoms with Crippen LogP contribution in [-0.2, 0) is 4.79 Å². The van der Waals surface area contributed by atoms with Gasteiger partial charge in [0.15, 0.2) is 0 Å². The number of piperidine rings is 1. The molecule has 1 fully saturated rings. The van der Waals surface area contributed by atoms with Gasteiger partial charge in [-0.1, -0.05) is 0 Å². The summed E-state index contributed by atoms with van der Waals surface area (Å²) in [5.74, 6) is -0.280. The average Bonchev–Trinajstić information content (AvgIpc) is 2.37. The number of likely N-dealkylation sites (tertiary alicyclic amines) is 1. The molecule has 1 unspecified atom stereocenters. The monoisotopic (exact) mass is 263 g/mol. The van der Waals surface area contributed by atoms with Crippen LogP contribution in [0.3, 0.4) is 0 Å². The van der Waals surface area contributed by atoms with E-state index < -0.39 is 0 Å². The highest BCUT2D eigenvalue weighted by atomic mass is 16.3. The highest BCUT2D eigenvalue weighted by Gasteiger charge is 2.25. The van der Waals surface area contributed by atoms with Gasteiger partial charge in [-0.15, -0.1) is 0 Å². The van der Waals surface area contributed by atoms with Crippen LogP contribution in [0.5, 0.6) is 5.75 Å². The number of hydrogen-bond donors (Lipinski definition) is 2. The Morgan fingerprint density at radius 3 is 2.95 bits per heavy atom. The van der Waals surface area contributed by atoms with E-state index in [0.717, 1.165) is 12.8 Å². The summed E-state index contributed by atoms with van der Waals surface area (Å²) in [7, 11) is 0. The Balaban J connectivity index is 2.04. The molecule has 1 aliphatic heterocycles. The van der Waals surface area contributed by atoms with Crippen LogP contribution in [0.2, 0.25) is 0 Å². The molecule has 6 nitrogen and oxygen atoms in total. The van der Waals surface area contributed by atoms with Crippen molar-refractivity contribution in [3.8, 4) is 5.75 Å². The molecule has 1 saturated heterocycles. The van der Waals surface area contributed by atoms with Crippen molar-refractivity contribution in [2.45, 2.75) is 25.8 Å². The third kappa shape index (κ3) is 3.43. The van der Waals surface area contributed by atoms with Crippen LogP contribution in [0, 0.1) is 0 Å². The van der Waals surface area contributed by atoms with Crippen molar-refractivity contribution < 1.29 is 14.7 Å². The maximum atomic E-state index is 12.2. The molecule has 2 rings (SSSR count). The molecule has 2 N–H and O–H groups in total. The number of aromatic hydroxyl groups is 1. The van der Waals surface area contributed by atoms with Crippen molar-refractivity contribution in [2.24, 2.45) is 0 Å². The molecule has 6 heteroatoms. The summed E-state index contributed by atoms with van der Waals surface area (Å²) < 4.78 is 0. The van der Waals surface area contributed by atoms with E-state index in [1.807, 2.05) is 0 Å². The van der Waals surface area contributed by atoms with Gasteiger partial charge in [0.05, 0.1) is 11.8 Å². The Kier molecular flexibility index (Phi) is 3.99. The van der Waals surface area contributed by atoms with E-state index in [1.165, 1.54) is 25.4 Å². The largest absolute Gasteiger partial charge is 0.506 e. The van der Waals surface area contributed by atoms with E-state index in [9.17, 15) is 14.7 Å².